The van der Waals surface area contributed by atoms with Gasteiger partial charge in [-0.2, -0.15) is 4.31 Å². The lowest BCUT2D eigenvalue weighted by atomic mass is 9.77. The van der Waals surface area contributed by atoms with E-state index in [1.54, 1.807) is 22.5 Å². The molecular weight excluding hydrogens is 372 g/mol. The number of amides is 1. The lowest BCUT2D eigenvalue weighted by molar-refractivity contribution is 0.0950. The highest BCUT2D eigenvalue weighted by molar-refractivity contribution is 7.89. The van der Waals surface area contributed by atoms with Crippen LogP contribution in [0.4, 0.5) is 0 Å². The van der Waals surface area contributed by atoms with Gasteiger partial charge in [-0.3, -0.25) is 4.79 Å². The summed E-state index contributed by atoms with van der Waals surface area (Å²) in [6.45, 7) is 1.68. The molecule has 1 fully saturated rings. The van der Waals surface area contributed by atoms with Crippen LogP contribution >= 0.6 is 0 Å². The molecule has 6 heteroatoms. The summed E-state index contributed by atoms with van der Waals surface area (Å²) < 4.78 is 27.5. The van der Waals surface area contributed by atoms with Crippen LogP contribution in [-0.2, 0) is 16.4 Å². The second kappa shape index (κ2) is 8.05. The number of hydrogen-bond acceptors (Lipinski definition) is 3. The summed E-state index contributed by atoms with van der Waals surface area (Å²) in [6, 6.07) is 14.7. The Morgan fingerprint density at radius 2 is 1.75 bits per heavy atom. The molecule has 1 aliphatic heterocycles. The van der Waals surface area contributed by atoms with Gasteiger partial charge in [0.2, 0.25) is 10.0 Å². The van der Waals surface area contributed by atoms with Gasteiger partial charge in [-0.15, -0.1) is 0 Å². The molecule has 1 saturated heterocycles. The molecule has 2 aromatic rings. The van der Waals surface area contributed by atoms with E-state index in [4.69, 9.17) is 0 Å². The Balaban J connectivity index is 1.44. The van der Waals surface area contributed by atoms with Crippen LogP contribution in [0.5, 0.6) is 0 Å². The van der Waals surface area contributed by atoms with E-state index >= 15 is 0 Å². The van der Waals surface area contributed by atoms with Crippen molar-refractivity contribution < 1.29 is 13.2 Å². The van der Waals surface area contributed by atoms with Gasteiger partial charge in [0, 0.05) is 31.1 Å². The maximum Gasteiger partial charge on any atom is 0.251 e. The number of carbonyl (C=O) groups is 1. The van der Waals surface area contributed by atoms with Crippen LogP contribution in [-0.4, -0.2) is 38.3 Å². The van der Waals surface area contributed by atoms with E-state index in [2.05, 4.69) is 17.4 Å². The van der Waals surface area contributed by atoms with Crippen LogP contribution in [0.1, 0.15) is 53.1 Å². The molecule has 0 bridgehead atoms. The zero-order chi connectivity index (χ0) is 19.6. The van der Waals surface area contributed by atoms with E-state index in [9.17, 15) is 13.2 Å². The zero-order valence-corrected chi connectivity index (χ0v) is 16.7. The second-order valence-electron chi connectivity index (χ2n) is 7.66. The van der Waals surface area contributed by atoms with E-state index in [0.29, 0.717) is 31.1 Å². The maximum atomic E-state index is 13.0. The molecule has 4 rings (SSSR count). The lowest BCUT2D eigenvalue weighted by Crippen LogP contribution is -2.34. The van der Waals surface area contributed by atoms with Crippen molar-refractivity contribution in [2.75, 3.05) is 19.6 Å². The van der Waals surface area contributed by atoms with E-state index in [0.717, 1.165) is 32.1 Å². The van der Waals surface area contributed by atoms with Crippen molar-refractivity contribution in [3.05, 3.63) is 65.2 Å². The molecule has 0 unspecified atom stereocenters. The van der Waals surface area contributed by atoms with Crippen LogP contribution in [0.15, 0.2) is 53.4 Å². The molecule has 148 valence electrons. The molecule has 1 N–H and O–H groups in total. The normalized spacial score (nSPS) is 19.9. The smallest absolute Gasteiger partial charge is 0.251 e. The number of rotatable bonds is 5. The number of sulfonamides is 1. The summed E-state index contributed by atoms with van der Waals surface area (Å²) in [4.78, 5) is 12.8. The van der Waals surface area contributed by atoms with Gasteiger partial charge < -0.3 is 5.32 Å². The van der Waals surface area contributed by atoms with Gasteiger partial charge in [0.15, 0.2) is 0 Å². The van der Waals surface area contributed by atoms with Crippen LogP contribution in [0.2, 0.25) is 0 Å². The minimum absolute atomic E-state index is 0.205. The lowest BCUT2D eigenvalue weighted by Gasteiger charge is -2.30. The van der Waals surface area contributed by atoms with Crippen molar-refractivity contribution in [3.63, 3.8) is 0 Å². The Morgan fingerprint density at radius 3 is 2.50 bits per heavy atom. The van der Waals surface area contributed by atoms with Crippen molar-refractivity contribution in [1.29, 1.82) is 0 Å². The largest absolute Gasteiger partial charge is 0.351 e. The van der Waals surface area contributed by atoms with Gasteiger partial charge in [-0.25, -0.2) is 8.42 Å². The third-order valence-corrected chi connectivity index (χ3v) is 7.66. The molecule has 1 aliphatic carbocycles. The summed E-state index contributed by atoms with van der Waals surface area (Å²) in [5.74, 6) is 0.112. The predicted molar refractivity (Wildman–Crippen MR) is 109 cm³/mol. The van der Waals surface area contributed by atoms with Crippen LogP contribution < -0.4 is 5.32 Å². The first-order valence-electron chi connectivity index (χ1n) is 10.0. The topological polar surface area (TPSA) is 66.5 Å². The van der Waals surface area contributed by atoms with Gasteiger partial charge in [-0.1, -0.05) is 43.2 Å². The summed E-state index contributed by atoms with van der Waals surface area (Å²) in [5.41, 5.74) is 3.02. The summed E-state index contributed by atoms with van der Waals surface area (Å²) in [5, 5.41) is 2.96. The molecule has 2 aromatic carbocycles. The fourth-order valence-corrected chi connectivity index (χ4v) is 5.66. The Kier molecular flexibility index (Phi) is 5.51. The highest BCUT2D eigenvalue weighted by Crippen LogP contribution is 2.34. The molecule has 1 amide bonds. The van der Waals surface area contributed by atoms with Crippen molar-refractivity contribution in [1.82, 2.24) is 9.62 Å². The summed E-state index contributed by atoms with van der Waals surface area (Å²) in [6.07, 6.45) is 4.89. The predicted octanol–water partition coefficient (Wildman–Crippen LogP) is 3.32. The quantitative estimate of drug-likeness (QED) is 0.840. The van der Waals surface area contributed by atoms with E-state index in [-0.39, 0.29) is 10.8 Å². The Bertz CT molecular complexity index is 963. The van der Waals surface area contributed by atoms with Crippen molar-refractivity contribution in [2.45, 2.75) is 42.9 Å². The highest BCUT2D eigenvalue weighted by atomic mass is 32.2. The van der Waals surface area contributed by atoms with Gasteiger partial charge in [0.1, 0.15) is 0 Å². The Hall–Kier alpha value is -2.18. The van der Waals surface area contributed by atoms with Gasteiger partial charge in [-0.05, 0) is 48.6 Å². The average Bonchev–Trinajstić information content (AvgIpc) is 2.99. The van der Waals surface area contributed by atoms with E-state index in [1.165, 1.54) is 17.2 Å². The number of benzene rings is 2. The number of nitrogens with one attached hydrogen (secondary N) is 1. The van der Waals surface area contributed by atoms with Gasteiger partial charge in [0.25, 0.3) is 5.91 Å². The number of carbonyl (C=O) groups excluding carboxylic acids is 1. The first-order valence-corrected chi connectivity index (χ1v) is 11.5. The first kappa shape index (κ1) is 19.2. The number of hydrogen-bond donors (Lipinski definition) is 1. The molecule has 0 saturated carbocycles. The summed E-state index contributed by atoms with van der Waals surface area (Å²) in [7, 11) is -3.55. The molecule has 5 nitrogen and oxygen atoms in total. The van der Waals surface area contributed by atoms with Crippen molar-refractivity contribution >= 4 is 15.9 Å². The SMILES string of the molecule is O=C(NC[C@@H]1Cc2ccccc21)c1cccc(S(=O)(=O)N2CCCCCC2)c1. The minimum atomic E-state index is -3.55. The zero-order valence-electron chi connectivity index (χ0n) is 15.9. The van der Waals surface area contributed by atoms with Crippen LogP contribution in [0, 0.1) is 0 Å². The maximum absolute atomic E-state index is 13.0. The molecule has 2 aliphatic rings. The fraction of sp³-hybridized carbons (Fsp3) is 0.409. The Labute approximate surface area is 166 Å². The molecule has 0 radical (unpaired) electrons. The number of fused-ring (bicyclic) bond motifs is 1. The van der Waals surface area contributed by atoms with Crippen molar-refractivity contribution in [3.8, 4) is 0 Å². The molecule has 1 atom stereocenters. The minimum Gasteiger partial charge on any atom is -0.351 e. The Morgan fingerprint density at radius 1 is 1.00 bits per heavy atom. The monoisotopic (exact) mass is 398 g/mol. The number of nitrogens with zero attached hydrogens (tertiary/aromatic N) is 1. The molecule has 1 heterocycles. The van der Waals surface area contributed by atoms with E-state index in [1.807, 2.05) is 12.1 Å². The molecule has 0 spiro atoms. The fourth-order valence-electron chi connectivity index (χ4n) is 4.09. The van der Waals surface area contributed by atoms with Crippen molar-refractivity contribution in [2.24, 2.45) is 0 Å². The average molecular weight is 399 g/mol. The molecular formula is C22H26N2O3S. The standard InChI is InChI=1S/C22H26N2O3S/c25-22(23-16-19-14-17-8-3-4-11-21(17)19)18-9-7-10-20(15-18)28(26,27)24-12-5-1-2-6-13-24/h3-4,7-11,15,19H,1-2,5-6,12-14,16H2,(H,23,25)/t19-/m0/s1. The van der Waals surface area contributed by atoms with E-state index < -0.39 is 10.0 Å². The van der Waals surface area contributed by atoms with Crippen LogP contribution in [0.25, 0.3) is 0 Å². The first-order chi connectivity index (χ1) is 13.6. The highest BCUT2D eigenvalue weighted by Gasteiger charge is 2.27. The molecule has 28 heavy (non-hydrogen) atoms. The third kappa shape index (κ3) is 3.84. The summed E-state index contributed by atoms with van der Waals surface area (Å²) >= 11 is 0. The van der Waals surface area contributed by atoms with Gasteiger partial charge in [0.05, 0.1) is 4.90 Å². The molecule has 0 aromatic heterocycles. The van der Waals surface area contributed by atoms with Crippen LogP contribution in [0.3, 0.4) is 0 Å². The third-order valence-electron chi connectivity index (χ3n) is 5.77. The van der Waals surface area contributed by atoms with Gasteiger partial charge >= 0.3 is 0 Å². The second-order valence-corrected chi connectivity index (χ2v) is 9.59.